The number of hydrogen-bond acceptors (Lipinski definition) is 4. The van der Waals surface area contributed by atoms with Crippen LogP contribution >= 0.6 is 0 Å². The maximum atomic E-state index is 12.6. The lowest BCUT2D eigenvalue weighted by Gasteiger charge is -2.32. The molecule has 7 heteroatoms. The summed E-state index contributed by atoms with van der Waals surface area (Å²) in [5, 5.41) is 7.01. The van der Waals surface area contributed by atoms with Crippen molar-refractivity contribution in [1.82, 2.24) is 25.1 Å². The molecule has 134 valence electrons. The molecule has 0 spiro atoms. The minimum atomic E-state index is -0.217. The lowest BCUT2D eigenvalue weighted by Crippen LogP contribution is -2.39. The Balaban J connectivity index is 1.42. The molecular weight excluding hydrogens is 330 g/mol. The lowest BCUT2D eigenvalue weighted by atomic mass is 9.94. The first kappa shape index (κ1) is 16.5. The van der Waals surface area contributed by atoms with Gasteiger partial charge in [-0.15, -0.1) is 0 Å². The maximum absolute atomic E-state index is 12.6. The summed E-state index contributed by atoms with van der Waals surface area (Å²) in [6.45, 7) is 1.47. The van der Waals surface area contributed by atoms with Crippen LogP contribution in [0.4, 0.5) is 0 Å². The second kappa shape index (κ2) is 7.11. The summed E-state index contributed by atoms with van der Waals surface area (Å²) in [6, 6.07) is 9.39. The van der Waals surface area contributed by atoms with Crippen LogP contribution in [0, 0.1) is 0 Å². The Labute approximate surface area is 150 Å². The SMILES string of the molecule is O=C(CCc1nc2ccccc2[nH]c1=O)N1CCCC(c2ccn[nH]2)C1. The second-order valence-electron chi connectivity index (χ2n) is 6.72. The molecule has 1 saturated heterocycles. The van der Waals surface area contributed by atoms with Gasteiger partial charge in [0, 0.05) is 43.7 Å². The van der Waals surface area contributed by atoms with Crippen LogP contribution in [0.3, 0.4) is 0 Å². The fourth-order valence-corrected chi connectivity index (χ4v) is 3.57. The number of piperidine rings is 1. The van der Waals surface area contributed by atoms with Gasteiger partial charge in [-0.2, -0.15) is 5.10 Å². The predicted octanol–water partition coefficient (Wildman–Crippen LogP) is 1.98. The molecule has 1 aliphatic rings. The van der Waals surface area contributed by atoms with Gasteiger partial charge in [0.2, 0.25) is 5.91 Å². The molecule has 1 unspecified atom stereocenters. The van der Waals surface area contributed by atoms with Crippen LogP contribution in [0.25, 0.3) is 11.0 Å². The Morgan fingerprint density at radius 3 is 3.00 bits per heavy atom. The van der Waals surface area contributed by atoms with Crippen LogP contribution in [0.1, 0.15) is 36.6 Å². The first-order valence-corrected chi connectivity index (χ1v) is 8.95. The predicted molar refractivity (Wildman–Crippen MR) is 97.8 cm³/mol. The third-order valence-corrected chi connectivity index (χ3v) is 4.98. The van der Waals surface area contributed by atoms with Gasteiger partial charge in [0.15, 0.2) is 0 Å². The van der Waals surface area contributed by atoms with Crippen molar-refractivity contribution in [2.24, 2.45) is 0 Å². The number of aromatic nitrogens is 4. The van der Waals surface area contributed by atoms with E-state index < -0.39 is 0 Å². The van der Waals surface area contributed by atoms with Crippen molar-refractivity contribution in [3.63, 3.8) is 0 Å². The number of hydrogen-bond donors (Lipinski definition) is 2. The van der Waals surface area contributed by atoms with E-state index in [1.807, 2.05) is 35.2 Å². The highest BCUT2D eigenvalue weighted by molar-refractivity contribution is 5.77. The zero-order valence-corrected chi connectivity index (χ0v) is 14.4. The average Bonchev–Trinajstić information content (AvgIpc) is 3.21. The monoisotopic (exact) mass is 351 g/mol. The van der Waals surface area contributed by atoms with Crippen LogP contribution in [-0.2, 0) is 11.2 Å². The van der Waals surface area contributed by atoms with E-state index in [0.717, 1.165) is 30.6 Å². The van der Waals surface area contributed by atoms with Gasteiger partial charge in [-0.1, -0.05) is 12.1 Å². The smallest absolute Gasteiger partial charge is 0.270 e. The summed E-state index contributed by atoms with van der Waals surface area (Å²) in [6.07, 6.45) is 4.42. The number of nitrogens with one attached hydrogen (secondary N) is 2. The molecule has 2 aromatic heterocycles. The Morgan fingerprint density at radius 2 is 2.15 bits per heavy atom. The number of aryl methyl sites for hydroxylation is 1. The van der Waals surface area contributed by atoms with Gasteiger partial charge in [-0.3, -0.25) is 14.7 Å². The van der Waals surface area contributed by atoms with E-state index in [9.17, 15) is 9.59 Å². The van der Waals surface area contributed by atoms with Crippen LogP contribution in [0.2, 0.25) is 0 Å². The van der Waals surface area contributed by atoms with Crippen molar-refractivity contribution in [1.29, 1.82) is 0 Å². The highest BCUT2D eigenvalue weighted by Crippen LogP contribution is 2.25. The summed E-state index contributed by atoms with van der Waals surface area (Å²) in [4.78, 5) is 33.9. The second-order valence-corrected chi connectivity index (χ2v) is 6.72. The van der Waals surface area contributed by atoms with Crippen molar-refractivity contribution in [3.05, 3.63) is 58.3 Å². The molecular formula is C19H21N5O2. The number of benzene rings is 1. The number of aromatic amines is 2. The molecule has 0 radical (unpaired) electrons. The zero-order chi connectivity index (χ0) is 17.9. The van der Waals surface area contributed by atoms with Crippen LogP contribution < -0.4 is 5.56 Å². The number of carbonyl (C=O) groups excluding carboxylic acids is 1. The fourth-order valence-electron chi connectivity index (χ4n) is 3.57. The van der Waals surface area contributed by atoms with E-state index in [2.05, 4.69) is 20.2 Å². The normalized spacial score (nSPS) is 17.5. The quantitative estimate of drug-likeness (QED) is 0.751. The van der Waals surface area contributed by atoms with Crippen LogP contribution in [0.15, 0.2) is 41.3 Å². The number of nitrogens with zero attached hydrogens (tertiary/aromatic N) is 3. The highest BCUT2D eigenvalue weighted by Gasteiger charge is 2.25. The number of para-hydroxylation sites is 2. The number of fused-ring (bicyclic) bond motifs is 1. The van der Waals surface area contributed by atoms with Crippen LogP contribution in [-0.4, -0.2) is 44.1 Å². The molecule has 1 aromatic carbocycles. The van der Waals surface area contributed by atoms with Crippen molar-refractivity contribution in [2.75, 3.05) is 13.1 Å². The van der Waals surface area contributed by atoms with Gasteiger partial charge in [-0.25, -0.2) is 4.98 Å². The van der Waals surface area contributed by atoms with Gasteiger partial charge in [0.05, 0.1) is 11.0 Å². The molecule has 0 bridgehead atoms. The highest BCUT2D eigenvalue weighted by atomic mass is 16.2. The summed E-state index contributed by atoms with van der Waals surface area (Å²) in [7, 11) is 0. The molecule has 26 heavy (non-hydrogen) atoms. The molecule has 1 atom stereocenters. The Bertz CT molecular complexity index is 963. The lowest BCUT2D eigenvalue weighted by molar-refractivity contribution is -0.132. The summed E-state index contributed by atoms with van der Waals surface area (Å²) >= 11 is 0. The first-order valence-electron chi connectivity index (χ1n) is 8.95. The molecule has 1 aliphatic heterocycles. The number of rotatable bonds is 4. The van der Waals surface area contributed by atoms with Crippen LogP contribution in [0.5, 0.6) is 0 Å². The van der Waals surface area contributed by atoms with Gasteiger partial charge in [0.1, 0.15) is 5.69 Å². The van der Waals surface area contributed by atoms with E-state index >= 15 is 0 Å². The molecule has 2 N–H and O–H groups in total. The maximum Gasteiger partial charge on any atom is 0.270 e. The first-order chi connectivity index (χ1) is 12.7. The summed E-state index contributed by atoms with van der Waals surface area (Å²) in [5.41, 5.74) is 2.73. The van der Waals surface area contributed by atoms with Gasteiger partial charge >= 0.3 is 0 Å². The Morgan fingerprint density at radius 1 is 1.27 bits per heavy atom. The number of H-pyrrole nitrogens is 2. The molecule has 1 amide bonds. The number of likely N-dealkylation sites (tertiary alicyclic amines) is 1. The van der Waals surface area contributed by atoms with Crippen molar-refractivity contribution < 1.29 is 4.79 Å². The molecule has 3 aromatic rings. The average molecular weight is 351 g/mol. The van der Waals surface area contributed by atoms with Gasteiger partial charge < -0.3 is 9.88 Å². The summed E-state index contributed by atoms with van der Waals surface area (Å²) in [5.74, 6) is 0.376. The van der Waals surface area contributed by atoms with E-state index in [4.69, 9.17) is 0 Å². The number of carbonyl (C=O) groups is 1. The van der Waals surface area contributed by atoms with E-state index in [0.29, 0.717) is 36.5 Å². The van der Waals surface area contributed by atoms with Gasteiger partial charge in [-0.05, 0) is 31.0 Å². The van der Waals surface area contributed by atoms with E-state index in [1.165, 1.54) is 0 Å². The van der Waals surface area contributed by atoms with Crippen molar-refractivity contribution in [3.8, 4) is 0 Å². The third-order valence-electron chi connectivity index (χ3n) is 4.98. The van der Waals surface area contributed by atoms with E-state index in [1.54, 1.807) is 6.20 Å². The largest absolute Gasteiger partial charge is 0.342 e. The zero-order valence-electron chi connectivity index (χ0n) is 14.4. The molecule has 7 nitrogen and oxygen atoms in total. The molecule has 0 aliphatic carbocycles. The van der Waals surface area contributed by atoms with Crippen molar-refractivity contribution >= 4 is 16.9 Å². The molecule has 1 fully saturated rings. The third kappa shape index (κ3) is 3.37. The molecule has 3 heterocycles. The summed E-state index contributed by atoms with van der Waals surface area (Å²) < 4.78 is 0. The Kier molecular flexibility index (Phi) is 4.51. The topological polar surface area (TPSA) is 94.7 Å². The molecule has 0 saturated carbocycles. The minimum absolute atomic E-state index is 0.0728. The van der Waals surface area contributed by atoms with Gasteiger partial charge in [0.25, 0.3) is 5.56 Å². The standard InChI is InChI=1S/C19H21N5O2/c25-18(24-11-3-4-13(12-24)14-9-10-20-23-14)8-7-17-19(26)22-16-6-2-1-5-15(16)21-17/h1-2,5-6,9-10,13H,3-4,7-8,11-12H2,(H,20,23)(H,22,26). The fraction of sp³-hybridized carbons (Fsp3) is 0.368. The minimum Gasteiger partial charge on any atom is -0.342 e. The molecule has 4 rings (SSSR count). The van der Waals surface area contributed by atoms with E-state index in [-0.39, 0.29) is 11.5 Å². The van der Waals surface area contributed by atoms with Crippen molar-refractivity contribution in [2.45, 2.75) is 31.6 Å². The Hall–Kier alpha value is -2.96. The number of amides is 1.